The molecular weight excluding hydrogens is 354 g/mol. The number of hydrogen-bond donors (Lipinski definition) is 3. The van der Waals surface area contributed by atoms with E-state index >= 15 is 0 Å². The summed E-state index contributed by atoms with van der Waals surface area (Å²) in [5, 5.41) is 6.57. The Morgan fingerprint density at radius 1 is 1.14 bits per heavy atom. The zero-order valence-electron chi connectivity index (χ0n) is 16.6. The Morgan fingerprint density at radius 3 is 2.75 bits per heavy atom. The van der Waals surface area contributed by atoms with Gasteiger partial charge in [-0.2, -0.15) is 0 Å². The third kappa shape index (κ3) is 4.94. The Bertz CT molecular complexity index is 902. The van der Waals surface area contributed by atoms with Crippen LogP contribution in [0.25, 0.3) is 11.0 Å². The summed E-state index contributed by atoms with van der Waals surface area (Å²) in [6.07, 6.45) is 0.734. The highest BCUT2D eigenvalue weighted by Crippen LogP contribution is 2.30. The topological polar surface area (TPSA) is 83.6 Å². The average Bonchev–Trinajstić information content (AvgIpc) is 3.12. The van der Waals surface area contributed by atoms with Gasteiger partial charge in [0.25, 0.3) is 0 Å². The van der Waals surface area contributed by atoms with Crippen molar-refractivity contribution in [1.29, 1.82) is 0 Å². The van der Waals surface area contributed by atoms with Gasteiger partial charge in [-0.15, -0.1) is 0 Å². The number of anilines is 1. The molecule has 0 radical (unpaired) electrons. The van der Waals surface area contributed by atoms with Crippen molar-refractivity contribution in [2.45, 2.75) is 20.3 Å². The van der Waals surface area contributed by atoms with Gasteiger partial charge in [0.2, 0.25) is 0 Å². The summed E-state index contributed by atoms with van der Waals surface area (Å²) in [4.78, 5) is 12.6. The summed E-state index contributed by atoms with van der Waals surface area (Å²) < 4.78 is 11.0. The monoisotopic (exact) mass is 381 g/mol. The lowest BCUT2D eigenvalue weighted by atomic mass is 10.2. The maximum atomic E-state index is 5.57. The number of hydrogen-bond acceptors (Lipinski definition) is 4. The highest BCUT2D eigenvalue weighted by atomic mass is 16.5. The fourth-order valence-electron chi connectivity index (χ4n) is 2.86. The molecule has 0 atom stereocenters. The first-order valence-electron chi connectivity index (χ1n) is 9.53. The summed E-state index contributed by atoms with van der Waals surface area (Å²) >= 11 is 0. The van der Waals surface area contributed by atoms with Gasteiger partial charge >= 0.3 is 0 Å². The third-order valence-corrected chi connectivity index (χ3v) is 4.13. The summed E-state index contributed by atoms with van der Waals surface area (Å²) in [7, 11) is 1.63. The minimum Gasteiger partial charge on any atom is -0.493 e. The lowest BCUT2D eigenvalue weighted by Crippen LogP contribution is -2.31. The zero-order valence-corrected chi connectivity index (χ0v) is 16.6. The van der Waals surface area contributed by atoms with Crippen molar-refractivity contribution < 1.29 is 9.47 Å². The number of imidazole rings is 1. The summed E-state index contributed by atoms with van der Waals surface area (Å²) in [6.45, 7) is 5.96. The smallest absolute Gasteiger partial charge is 0.195 e. The van der Waals surface area contributed by atoms with Gasteiger partial charge < -0.3 is 25.1 Å². The molecule has 7 heteroatoms. The zero-order chi connectivity index (χ0) is 19.8. The van der Waals surface area contributed by atoms with Crippen LogP contribution in [0, 0.1) is 0 Å². The Morgan fingerprint density at radius 2 is 2.00 bits per heavy atom. The van der Waals surface area contributed by atoms with Crippen LogP contribution in [0.4, 0.5) is 5.69 Å². The van der Waals surface area contributed by atoms with E-state index in [9.17, 15) is 0 Å². The molecule has 3 aromatic rings. The fraction of sp³-hybridized carbons (Fsp3) is 0.333. The SMILES string of the molecule is CCNC(=NCCc1nc2ccccc2[nH]1)Nc1ccc(OCC)c(OC)c1. The number of rotatable bonds is 8. The summed E-state index contributed by atoms with van der Waals surface area (Å²) in [5.41, 5.74) is 2.91. The van der Waals surface area contributed by atoms with Gasteiger partial charge in [-0.1, -0.05) is 12.1 Å². The molecule has 0 spiro atoms. The first-order chi connectivity index (χ1) is 13.7. The van der Waals surface area contributed by atoms with Crippen molar-refractivity contribution >= 4 is 22.7 Å². The standard InChI is InChI=1S/C21H27N5O2/c1-4-22-21(24-15-10-11-18(28-5-2)19(14-15)27-3)23-13-12-20-25-16-8-6-7-9-17(16)26-20/h6-11,14H,4-5,12-13H2,1-3H3,(H,25,26)(H2,22,23,24). The minimum absolute atomic E-state index is 0.592. The van der Waals surface area contributed by atoms with Crippen molar-refractivity contribution in [3.8, 4) is 11.5 Å². The summed E-state index contributed by atoms with van der Waals surface area (Å²) in [5.74, 6) is 3.06. The second-order valence-electron chi connectivity index (χ2n) is 6.13. The highest BCUT2D eigenvalue weighted by molar-refractivity contribution is 5.93. The number of guanidine groups is 1. The largest absolute Gasteiger partial charge is 0.493 e. The number of aromatic amines is 1. The number of methoxy groups -OCH3 is 1. The molecule has 3 rings (SSSR count). The number of nitrogens with one attached hydrogen (secondary N) is 3. The molecule has 0 fully saturated rings. The Kier molecular flexibility index (Phi) is 6.73. The maximum Gasteiger partial charge on any atom is 0.195 e. The predicted molar refractivity (Wildman–Crippen MR) is 114 cm³/mol. The molecule has 2 aromatic carbocycles. The maximum absolute atomic E-state index is 5.57. The first kappa shape index (κ1) is 19.5. The Hall–Kier alpha value is -3.22. The molecule has 0 unspecified atom stereocenters. The molecule has 0 aliphatic carbocycles. The van der Waals surface area contributed by atoms with E-state index in [1.807, 2.05) is 56.3 Å². The van der Waals surface area contributed by atoms with Crippen molar-refractivity contribution in [2.75, 3.05) is 32.1 Å². The van der Waals surface area contributed by atoms with E-state index < -0.39 is 0 Å². The van der Waals surface area contributed by atoms with E-state index in [-0.39, 0.29) is 0 Å². The van der Waals surface area contributed by atoms with Gasteiger partial charge in [0.1, 0.15) is 5.82 Å². The van der Waals surface area contributed by atoms with Crippen molar-refractivity contribution in [1.82, 2.24) is 15.3 Å². The van der Waals surface area contributed by atoms with Gasteiger partial charge in [-0.3, -0.25) is 4.99 Å². The Labute approximate surface area is 165 Å². The lowest BCUT2D eigenvalue weighted by Gasteiger charge is -2.14. The van der Waals surface area contributed by atoms with E-state index in [1.165, 1.54) is 0 Å². The second kappa shape index (κ2) is 9.64. The molecule has 7 nitrogen and oxygen atoms in total. The molecule has 0 aliphatic rings. The molecule has 1 aromatic heterocycles. The molecule has 0 aliphatic heterocycles. The molecule has 1 heterocycles. The second-order valence-corrected chi connectivity index (χ2v) is 6.13. The number of ether oxygens (including phenoxy) is 2. The van der Waals surface area contributed by atoms with Crippen molar-refractivity contribution in [3.63, 3.8) is 0 Å². The van der Waals surface area contributed by atoms with Gasteiger partial charge in [-0.25, -0.2) is 4.98 Å². The number of aromatic nitrogens is 2. The van der Waals surface area contributed by atoms with Crippen LogP contribution in [0.1, 0.15) is 19.7 Å². The van der Waals surface area contributed by atoms with Crippen LogP contribution in [0.15, 0.2) is 47.5 Å². The van der Waals surface area contributed by atoms with E-state index in [2.05, 4.69) is 25.6 Å². The molecule has 3 N–H and O–H groups in total. The highest BCUT2D eigenvalue weighted by Gasteiger charge is 2.07. The van der Waals surface area contributed by atoms with Crippen LogP contribution in [0.5, 0.6) is 11.5 Å². The normalized spacial score (nSPS) is 11.5. The van der Waals surface area contributed by atoms with Crippen molar-refractivity contribution in [2.24, 2.45) is 4.99 Å². The number of fused-ring (bicyclic) bond motifs is 1. The van der Waals surface area contributed by atoms with E-state index in [0.29, 0.717) is 24.9 Å². The van der Waals surface area contributed by atoms with Crippen LogP contribution in [0.2, 0.25) is 0 Å². The molecule has 0 saturated carbocycles. The van der Waals surface area contributed by atoms with Gasteiger partial charge in [0.05, 0.1) is 24.8 Å². The number of para-hydroxylation sites is 2. The number of nitrogens with zero attached hydrogens (tertiary/aromatic N) is 2. The number of H-pyrrole nitrogens is 1. The van der Waals surface area contributed by atoms with Gasteiger partial charge in [0.15, 0.2) is 17.5 Å². The van der Waals surface area contributed by atoms with E-state index in [4.69, 9.17) is 9.47 Å². The predicted octanol–water partition coefficient (Wildman–Crippen LogP) is 3.59. The average molecular weight is 381 g/mol. The molecule has 28 heavy (non-hydrogen) atoms. The minimum atomic E-state index is 0.592. The van der Waals surface area contributed by atoms with Gasteiger partial charge in [0, 0.05) is 31.3 Å². The van der Waals surface area contributed by atoms with E-state index in [0.717, 1.165) is 41.3 Å². The van der Waals surface area contributed by atoms with Crippen molar-refractivity contribution in [3.05, 3.63) is 48.3 Å². The van der Waals surface area contributed by atoms with Crippen LogP contribution in [0.3, 0.4) is 0 Å². The fourth-order valence-corrected chi connectivity index (χ4v) is 2.86. The van der Waals surface area contributed by atoms with Crippen LogP contribution >= 0.6 is 0 Å². The number of benzene rings is 2. The number of aliphatic imine (C=N–C) groups is 1. The summed E-state index contributed by atoms with van der Waals surface area (Å²) in [6, 6.07) is 13.8. The van der Waals surface area contributed by atoms with Crippen LogP contribution in [-0.2, 0) is 6.42 Å². The van der Waals surface area contributed by atoms with E-state index in [1.54, 1.807) is 7.11 Å². The molecule has 0 amide bonds. The lowest BCUT2D eigenvalue weighted by molar-refractivity contribution is 0.311. The Balaban J connectivity index is 1.66. The molecule has 0 bridgehead atoms. The van der Waals surface area contributed by atoms with Gasteiger partial charge in [-0.05, 0) is 38.1 Å². The molecular formula is C21H27N5O2. The molecule has 148 valence electrons. The van der Waals surface area contributed by atoms with Crippen LogP contribution < -0.4 is 20.1 Å². The third-order valence-electron chi connectivity index (χ3n) is 4.13. The first-order valence-corrected chi connectivity index (χ1v) is 9.53. The van der Waals surface area contributed by atoms with Crippen LogP contribution in [-0.4, -0.2) is 42.7 Å². The molecule has 0 saturated heterocycles. The quantitative estimate of drug-likeness (QED) is 0.410.